The van der Waals surface area contributed by atoms with Gasteiger partial charge in [-0.15, -0.1) is 0 Å². The lowest BCUT2D eigenvalue weighted by molar-refractivity contribution is -0.138. The van der Waals surface area contributed by atoms with Crippen molar-refractivity contribution in [2.45, 2.75) is 156 Å². The Morgan fingerprint density at radius 1 is 0.411 bits per heavy atom. The van der Waals surface area contributed by atoms with Crippen LogP contribution in [-0.4, -0.2) is 180 Å². The average molecular weight is 1530 g/mol. The van der Waals surface area contributed by atoms with Crippen molar-refractivity contribution in [2.75, 3.05) is 198 Å². The lowest BCUT2D eigenvalue weighted by atomic mass is 10.0. The van der Waals surface area contributed by atoms with E-state index in [4.69, 9.17) is 24.1 Å². The van der Waals surface area contributed by atoms with Gasteiger partial charge in [-0.3, -0.25) is 4.98 Å². The first-order valence-electron chi connectivity index (χ1n) is 41.3. The third-order valence-corrected chi connectivity index (χ3v) is 20.8. The summed E-state index contributed by atoms with van der Waals surface area (Å²) in [6.07, 6.45) is 13.1. The van der Waals surface area contributed by atoms with E-state index >= 15 is 0 Å². The van der Waals surface area contributed by atoms with E-state index in [0.29, 0.717) is 25.3 Å². The zero-order chi connectivity index (χ0) is 81.6. The Labute approximate surface area is 677 Å². The minimum absolute atomic E-state index is 0.208. The first-order chi connectivity index (χ1) is 54.0. The molecule has 0 spiro atoms. The molecule has 12 rings (SSSR count). The van der Waals surface area contributed by atoms with Gasteiger partial charge in [0.25, 0.3) is 0 Å². The van der Waals surface area contributed by atoms with Crippen LogP contribution in [0.1, 0.15) is 141 Å². The van der Waals surface area contributed by atoms with E-state index in [2.05, 4.69) is 304 Å². The fourth-order valence-electron chi connectivity index (χ4n) is 13.1. The molecule has 0 atom stereocenters. The summed E-state index contributed by atoms with van der Waals surface area (Å²) in [7, 11) is 3.45. The quantitative estimate of drug-likeness (QED) is 0.0455. The molecule has 16 nitrogen and oxygen atoms in total. The second kappa shape index (κ2) is 53.1. The number of ether oxygens (including phenoxy) is 4. The van der Waals surface area contributed by atoms with Crippen LogP contribution >= 0.6 is 0 Å². The maximum absolute atomic E-state index is 11.3. The number of methoxy groups -OCH3 is 2. The molecule has 16 heteroatoms. The Bertz CT molecular complexity index is 3680. The van der Waals surface area contributed by atoms with Crippen LogP contribution in [0.5, 0.6) is 0 Å². The smallest absolute Gasteiger partial charge is 0.333 e. The van der Waals surface area contributed by atoms with Gasteiger partial charge < -0.3 is 63.3 Å². The molecule has 0 radical (unpaired) electrons. The second-order valence-corrected chi connectivity index (χ2v) is 29.6. The highest BCUT2D eigenvalue weighted by Gasteiger charge is 2.16. The molecule has 0 aliphatic carbocycles. The van der Waals surface area contributed by atoms with Crippen LogP contribution in [0.15, 0.2) is 176 Å². The molecular weight excluding hydrogens is 1390 g/mol. The summed E-state index contributed by atoms with van der Waals surface area (Å²) >= 11 is 0. The standard InChI is InChI=1S/C15H21NO2.C13H21NO2.C13H21NO.C12H17N.C12H19N.C11H15NO.C11H15N.C9H13N3/c1-5-16(10-11-18-15(17)12(2)3)14-8-6-13(4)7-9-14;1-12-4-6-13(7-5-12)14(8-10-15-2)9-11-16-3;1-5-14(6-7-15)13-8-10(2)12(4)11(3)9-13;1-11-5-7-12(8-6-11)13-9-3-2-4-10-13;1-5-13(6-2)12-8-7-10(3)11(4)9-12;1-10-2-4-11(5-3-10)12-6-8-13-9-7-12;1-10-4-6-11(7-5-10)12-8-2-3-9-12;1-8-6-11-9(7-10-8)12-4-2-3-5-12/h6-9H,2,5,10-11H2,1,3-4H3;4-7H,8-11H2,1-3H3;8-9,15H,5-7H2,1-4H3;5-8H,2-4,9-10H2,1H3;7-9H,5-6H2,1-4H3;2-5H,6-9H2,1H3;4-7H,2-3,8-9H2,1H3;6-7H,2-5H2,1H3. The Kier molecular flexibility index (Phi) is 44.4. The number of anilines is 8. The van der Waals surface area contributed by atoms with Gasteiger partial charge in [-0.1, -0.05) is 101 Å². The van der Waals surface area contributed by atoms with E-state index in [-0.39, 0.29) is 12.6 Å². The maximum atomic E-state index is 11.3. The Balaban J connectivity index is 0.000000229. The zero-order valence-electron chi connectivity index (χ0n) is 72.3. The van der Waals surface area contributed by atoms with Gasteiger partial charge in [0.1, 0.15) is 12.4 Å². The van der Waals surface area contributed by atoms with Crippen LogP contribution in [0, 0.1) is 76.2 Å². The largest absolute Gasteiger partial charge is 0.460 e. The van der Waals surface area contributed by atoms with Gasteiger partial charge in [0.05, 0.1) is 57.7 Å². The molecule has 8 aromatic rings. The summed E-state index contributed by atoms with van der Waals surface area (Å²) in [5, 5.41) is 8.98. The SMILES string of the molecule is C=C(C)C(=O)OCCN(CC)c1ccc(C)cc1.CCN(CC)c1ccc(C)c(C)c1.CCN(CCO)c1cc(C)c(C)c(C)c1.COCCN(CCOC)c1ccc(C)cc1.Cc1ccc(N2CCCC2)cc1.Cc1ccc(N2CCCCC2)cc1.Cc1ccc(N2CCOCC2)cc1.Cc1cnc(N2CCCC2)cn1. The molecule has 0 bridgehead atoms. The van der Waals surface area contributed by atoms with Crippen LogP contribution in [0.2, 0.25) is 0 Å². The number of nitrogens with zero attached hydrogens (tertiary/aromatic N) is 10. The highest BCUT2D eigenvalue weighted by atomic mass is 16.5. The van der Waals surface area contributed by atoms with Crippen molar-refractivity contribution in [1.82, 2.24) is 9.97 Å². The maximum Gasteiger partial charge on any atom is 0.333 e. The molecule has 0 unspecified atom stereocenters. The molecule has 1 N–H and O–H groups in total. The van der Waals surface area contributed by atoms with Crippen molar-refractivity contribution in [3.05, 3.63) is 238 Å². The Morgan fingerprint density at radius 2 is 0.777 bits per heavy atom. The number of carbonyl (C=O) groups excluding carboxylic acids is 1. The molecule has 4 fully saturated rings. The number of aromatic nitrogens is 2. The van der Waals surface area contributed by atoms with Crippen molar-refractivity contribution < 1.29 is 28.8 Å². The molecule has 7 aromatic carbocycles. The van der Waals surface area contributed by atoms with Gasteiger partial charge in [-0.25, -0.2) is 9.78 Å². The van der Waals surface area contributed by atoms with E-state index in [1.165, 1.54) is 161 Å². The summed E-state index contributed by atoms with van der Waals surface area (Å²) in [5.41, 5.74) is 23.7. The summed E-state index contributed by atoms with van der Waals surface area (Å²) in [6.45, 7) is 57.2. The van der Waals surface area contributed by atoms with Gasteiger partial charge in [0, 0.05) is 158 Å². The van der Waals surface area contributed by atoms with Gasteiger partial charge in [0.2, 0.25) is 0 Å². The van der Waals surface area contributed by atoms with Crippen molar-refractivity contribution in [1.29, 1.82) is 0 Å². The highest BCUT2D eigenvalue weighted by Crippen LogP contribution is 2.26. The fourth-order valence-corrected chi connectivity index (χ4v) is 13.1. The average Bonchev–Trinajstić information content (AvgIpc) is 1.13. The number of hydrogen-bond acceptors (Lipinski definition) is 16. The minimum atomic E-state index is -0.324. The predicted octanol–water partition coefficient (Wildman–Crippen LogP) is 19.4. The van der Waals surface area contributed by atoms with E-state index in [1.54, 1.807) is 21.1 Å². The van der Waals surface area contributed by atoms with Crippen LogP contribution in [-0.2, 0) is 23.7 Å². The van der Waals surface area contributed by atoms with E-state index in [9.17, 15) is 4.79 Å². The molecule has 4 aliphatic rings. The minimum Gasteiger partial charge on any atom is -0.460 e. The van der Waals surface area contributed by atoms with Crippen LogP contribution in [0.4, 0.5) is 45.6 Å². The topological polar surface area (TPSA) is 126 Å². The molecule has 1 aromatic heterocycles. The molecule has 0 amide bonds. The van der Waals surface area contributed by atoms with E-state index in [1.807, 2.05) is 19.3 Å². The third kappa shape index (κ3) is 34.6. The first kappa shape index (κ1) is 93.7. The van der Waals surface area contributed by atoms with Crippen LogP contribution in [0.3, 0.4) is 0 Å². The number of rotatable bonds is 24. The second-order valence-electron chi connectivity index (χ2n) is 29.6. The number of aliphatic hydroxyl groups is 1. The number of benzene rings is 7. The normalized spacial score (nSPS) is 13.3. The van der Waals surface area contributed by atoms with Gasteiger partial charge in [-0.05, 0) is 268 Å². The van der Waals surface area contributed by atoms with Crippen LogP contribution in [0.25, 0.3) is 0 Å². The lowest BCUT2D eigenvalue weighted by Crippen LogP contribution is -2.36. The summed E-state index contributed by atoms with van der Waals surface area (Å²) in [5.74, 6) is 0.702. The number of aryl methyl sites for hydroxylation is 10. The summed E-state index contributed by atoms with van der Waals surface area (Å²) in [4.78, 5) is 38.4. The zero-order valence-corrected chi connectivity index (χ0v) is 72.3. The Morgan fingerprint density at radius 3 is 1.16 bits per heavy atom. The van der Waals surface area contributed by atoms with E-state index < -0.39 is 0 Å². The lowest BCUT2D eigenvalue weighted by Gasteiger charge is -2.28. The summed E-state index contributed by atoms with van der Waals surface area (Å²) in [6, 6.07) is 54.3. The summed E-state index contributed by atoms with van der Waals surface area (Å²) < 4.78 is 20.6. The third-order valence-electron chi connectivity index (χ3n) is 20.8. The molecule has 612 valence electrons. The number of carbonyl (C=O) groups is 1. The molecule has 4 saturated heterocycles. The first-order valence-corrected chi connectivity index (χ1v) is 41.3. The van der Waals surface area contributed by atoms with Crippen molar-refractivity contribution >= 4 is 51.6 Å². The van der Waals surface area contributed by atoms with Crippen LogP contribution < -0.4 is 39.2 Å². The van der Waals surface area contributed by atoms with Gasteiger partial charge in [0.15, 0.2) is 0 Å². The number of likely N-dealkylation sites (N-methyl/N-ethyl adjacent to an activating group) is 2. The van der Waals surface area contributed by atoms with Gasteiger partial charge in [-0.2, -0.15) is 0 Å². The monoisotopic (exact) mass is 1530 g/mol. The highest BCUT2D eigenvalue weighted by molar-refractivity contribution is 5.87. The predicted molar refractivity (Wildman–Crippen MR) is 479 cm³/mol. The number of aliphatic hydroxyl groups excluding tert-OH is 1. The number of piperidine rings is 1. The van der Waals surface area contributed by atoms with Gasteiger partial charge >= 0.3 is 5.97 Å². The molecule has 4 aliphatic heterocycles. The number of hydrogen-bond donors (Lipinski definition) is 1. The molecular formula is C96H142N10O6. The Hall–Kier alpha value is -8.93. The number of morpholine rings is 1. The van der Waals surface area contributed by atoms with Crippen molar-refractivity contribution in [3.63, 3.8) is 0 Å². The fraction of sp³-hybridized carbons (Fsp3) is 0.490. The molecule has 112 heavy (non-hydrogen) atoms. The van der Waals surface area contributed by atoms with Crippen molar-refractivity contribution in [3.8, 4) is 0 Å². The number of esters is 1. The van der Waals surface area contributed by atoms with E-state index in [0.717, 1.165) is 109 Å². The van der Waals surface area contributed by atoms with Crippen molar-refractivity contribution in [2.24, 2.45) is 0 Å². The molecule has 0 saturated carbocycles. The molecule has 5 heterocycles.